The molecule has 0 saturated carbocycles. The van der Waals surface area contributed by atoms with Crippen LogP contribution in [0.1, 0.15) is 28.4 Å². The molecule has 2 amide bonds. The molecule has 0 radical (unpaired) electrons. The van der Waals surface area contributed by atoms with Crippen LogP contribution in [0.15, 0.2) is 71.3 Å². The van der Waals surface area contributed by atoms with Crippen molar-refractivity contribution in [1.29, 1.82) is 0 Å². The number of hydrogen-bond donors (Lipinski definition) is 0. The molecule has 4 rings (SSSR count). The van der Waals surface area contributed by atoms with E-state index in [1.807, 2.05) is 0 Å². The number of hydrogen-bond acceptors (Lipinski definition) is 5. The summed E-state index contributed by atoms with van der Waals surface area (Å²) in [6, 6.07) is 16.9. The quantitative estimate of drug-likeness (QED) is 0.264. The van der Waals surface area contributed by atoms with Gasteiger partial charge in [-0.1, -0.05) is 59.1 Å². The number of nitrogens with zero attached hydrogens (tertiary/aromatic N) is 2. The number of amides is 2. The van der Waals surface area contributed by atoms with Crippen molar-refractivity contribution >= 4 is 58.4 Å². The highest BCUT2D eigenvalue weighted by Gasteiger charge is 2.33. The van der Waals surface area contributed by atoms with Gasteiger partial charge in [0.2, 0.25) is 0 Å². The van der Waals surface area contributed by atoms with Crippen molar-refractivity contribution in [1.82, 2.24) is 5.01 Å². The first-order chi connectivity index (χ1) is 16.8. The molecule has 0 N–H and O–H groups in total. The second kappa shape index (κ2) is 10.5. The van der Waals surface area contributed by atoms with Gasteiger partial charge in [0.05, 0.1) is 23.4 Å². The monoisotopic (exact) mass is 528 g/mol. The molecule has 0 aliphatic carbocycles. The number of imide groups is 1. The van der Waals surface area contributed by atoms with Crippen LogP contribution in [0, 0.1) is 0 Å². The number of carbonyl (C=O) groups is 2. The number of carbonyl (C=O) groups excluding carboxylic acids is 2. The third-order valence-corrected chi connectivity index (χ3v) is 6.09. The Morgan fingerprint density at radius 1 is 1.03 bits per heavy atom. The van der Waals surface area contributed by atoms with E-state index in [1.54, 1.807) is 73.7 Å². The lowest BCUT2D eigenvalue weighted by Gasteiger charge is -2.14. The average molecular weight is 530 g/mol. The van der Waals surface area contributed by atoms with E-state index in [1.165, 1.54) is 7.11 Å². The molecule has 0 spiro atoms. The summed E-state index contributed by atoms with van der Waals surface area (Å²) in [6.45, 7) is 1.81. The molecule has 0 saturated heterocycles. The van der Waals surface area contributed by atoms with Crippen LogP contribution >= 0.6 is 34.8 Å². The number of methoxy groups -OCH3 is 1. The highest BCUT2D eigenvalue weighted by molar-refractivity contribution is 6.35. The molecular formula is C26H19Cl3N2O4. The summed E-state index contributed by atoms with van der Waals surface area (Å²) in [5.74, 6) is -0.333. The normalized spacial score (nSPS) is 14.3. The van der Waals surface area contributed by atoms with Crippen molar-refractivity contribution in [3.05, 3.63) is 98.0 Å². The highest BCUT2D eigenvalue weighted by atomic mass is 35.5. The minimum absolute atomic E-state index is 0.146. The number of ether oxygens (including phenoxy) is 2. The molecule has 178 valence electrons. The van der Waals surface area contributed by atoms with E-state index in [4.69, 9.17) is 44.3 Å². The van der Waals surface area contributed by atoms with Crippen LogP contribution in [0.3, 0.4) is 0 Å². The fourth-order valence-electron chi connectivity index (χ4n) is 3.44. The molecule has 0 aromatic heterocycles. The molecule has 35 heavy (non-hydrogen) atoms. The Kier molecular flexibility index (Phi) is 7.45. The summed E-state index contributed by atoms with van der Waals surface area (Å²) in [6.07, 6.45) is 1.60. The lowest BCUT2D eigenvalue weighted by atomic mass is 10.1. The van der Waals surface area contributed by atoms with Crippen molar-refractivity contribution in [3.63, 3.8) is 0 Å². The van der Waals surface area contributed by atoms with Crippen LogP contribution in [0.25, 0.3) is 6.08 Å². The molecule has 3 aromatic rings. The molecule has 3 aromatic carbocycles. The van der Waals surface area contributed by atoms with Gasteiger partial charge in [0.15, 0.2) is 11.5 Å². The number of hydrazone groups is 1. The molecule has 0 unspecified atom stereocenters. The number of rotatable bonds is 6. The number of halogens is 3. The van der Waals surface area contributed by atoms with Gasteiger partial charge in [-0.2, -0.15) is 10.1 Å². The second-order valence-electron chi connectivity index (χ2n) is 7.59. The highest BCUT2D eigenvalue weighted by Crippen LogP contribution is 2.38. The summed E-state index contributed by atoms with van der Waals surface area (Å²) in [5.41, 5.74) is 2.36. The first kappa shape index (κ1) is 24.8. The van der Waals surface area contributed by atoms with E-state index in [0.29, 0.717) is 38.4 Å². The van der Waals surface area contributed by atoms with Gasteiger partial charge in [-0.15, -0.1) is 0 Å². The fourth-order valence-corrected chi connectivity index (χ4v) is 4.18. The smallest absolute Gasteiger partial charge is 0.283 e. The van der Waals surface area contributed by atoms with E-state index in [2.05, 4.69) is 5.10 Å². The van der Waals surface area contributed by atoms with Crippen molar-refractivity contribution in [3.8, 4) is 11.5 Å². The standard InChI is InChI=1S/C26H19Cl3N2O4/c1-15-20(26(33)31(30-15)25(32)17-6-4-3-5-7-17)10-16-11-22(29)24(23(12-16)34-2)35-14-18-8-9-19(27)13-21(18)28/h3-13H,14H2,1-2H3/b20-10+. The first-order valence-corrected chi connectivity index (χ1v) is 11.6. The molecule has 6 nitrogen and oxygen atoms in total. The van der Waals surface area contributed by atoms with Crippen LogP contribution < -0.4 is 9.47 Å². The van der Waals surface area contributed by atoms with E-state index in [0.717, 1.165) is 10.6 Å². The van der Waals surface area contributed by atoms with Gasteiger partial charge in [0.1, 0.15) is 6.61 Å². The predicted octanol–water partition coefficient (Wildman–Crippen LogP) is 6.68. The van der Waals surface area contributed by atoms with E-state index >= 15 is 0 Å². The van der Waals surface area contributed by atoms with Crippen LogP contribution in [0.2, 0.25) is 15.1 Å². The topological polar surface area (TPSA) is 68.2 Å². The molecule has 9 heteroatoms. The SMILES string of the molecule is COc1cc(/C=C2/C(=O)N(C(=O)c3ccccc3)N=C2C)cc(Cl)c1OCc1ccc(Cl)cc1Cl. The Morgan fingerprint density at radius 3 is 2.46 bits per heavy atom. The summed E-state index contributed by atoms with van der Waals surface area (Å²) >= 11 is 18.7. The van der Waals surface area contributed by atoms with Crippen molar-refractivity contribution < 1.29 is 19.1 Å². The minimum atomic E-state index is -0.524. The van der Waals surface area contributed by atoms with Crippen molar-refractivity contribution in [2.75, 3.05) is 7.11 Å². The largest absolute Gasteiger partial charge is 0.493 e. The third kappa shape index (κ3) is 5.35. The zero-order valence-electron chi connectivity index (χ0n) is 18.7. The second-order valence-corrected chi connectivity index (χ2v) is 8.84. The summed E-state index contributed by atoms with van der Waals surface area (Å²) < 4.78 is 11.3. The Morgan fingerprint density at radius 2 is 1.77 bits per heavy atom. The van der Waals surface area contributed by atoms with E-state index < -0.39 is 11.8 Å². The summed E-state index contributed by atoms with van der Waals surface area (Å²) in [4.78, 5) is 25.7. The fraction of sp³-hybridized carbons (Fsp3) is 0.115. The maximum Gasteiger partial charge on any atom is 0.283 e. The minimum Gasteiger partial charge on any atom is -0.493 e. The maximum absolute atomic E-state index is 13.0. The molecule has 0 atom stereocenters. The van der Waals surface area contributed by atoms with E-state index in [-0.39, 0.29) is 17.2 Å². The van der Waals surface area contributed by atoms with Gasteiger partial charge in [-0.3, -0.25) is 9.59 Å². The molecule has 1 aliphatic rings. The third-order valence-electron chi connectivity index (χ3n) is 5.23. The van der Waals surface area contributed by atoms with Gasteiger partial charge in [0, 0.05) is 21.2 Å². The van der Waals surface area contributed by atoms with Gasteiger partial charge in [-0.25, -0.2) is 0 Å². The van der Waals surface area contributed by atoms with Gasteiger partial charge < -0.3 is 9.47 Å². The molecule has 0 fully saturated rings. The summed E-state index contributed by atoms with van der Waals surface area (Å²) in [5, 5.41) is 6.29. The molecule has 0 bridgehead atoms. The Balaban J connectivity index is 1.58. The van der Waals surface area contributed by atoms with Crippen molar-refractivity contribution in [2.24, 2.45) is 5.10 Å². The Labute approximate surface area is 217 Å². The van der Waals surface area contributed by atoms with Gasteiger partial charge in [0.25, 0.3) is 11.8 Å². The summed E-state index contributed by atoms with van der Waals surface area (Å²) in [7, 11) is 1.48. The van der Waals surface area contributed by atoms with Crippen LogP contribution in [0.5, 0.6) is 11.5 Å². The van der Waals surface area contributed by atoms with Crippen LogP contribution in [-0.2, 0) is 11.4 Å². The zero-order chi connectivity index (χ0) is 25.1. The first-order valence-electron chi connectivity index (χ1n) is 10.4. The Hall–Kier alpha value is -3.32. The van der Waals surface area contributed by atoms with E-state index in [9.17, 15) is 9.59 Å². The maximum atomic E-state index is 13.0. The average Bonchev–Trinajstić information content (AvgIpc) is 3.12. The van der Waals surface area contributed by atoms with Crippen LogP contribution in [0.4, 0.5) is 0 Å². The number of benzene rings is 3. The Bertz CT molecular complexity index is 1370. The lowest BCUT2D eigenvalue weighted by Crippen LogP contribution is -2.29. The van der Waals surface area contributed by atoms with Crippen LogP contribution in [-0.4, -0.2) is 29.6 Å². The molecule has 1 heterocycles. The molecular weight excluding hydrogens is 511 g/mol. The lowest BCUT2D eigenvalue weighted by molar-refractivity contribution is -0.123. The zero-order valence-corrected chi connectivity index (χ0v) is 21.0. The molecule has 1 aliphatic heterocycles. The predicted molar refractivity (Wildman–Crippen MR) is 138 cm³/mol. The van der Waals surface area contributed by atoms with Crippen molar-refractivity contribution in [2.45, 2.75) is 13.5 Å². The van der Waals surface area contributed by atoms with Gasteiger partial charge >= 0.3 is 0 Å². The van der Waals surface area contributed by atoms with Gasteiger partial charge in [-0.05, 0) is 55.0 Å².